The third kappa shape index (κ3) is 3.27. The maximum atomic E-state index is 5.80. The van der Waals surface area contributed by atoms with Crippen molar-refractivity contribution in [3.63, 3.8) is 0 Å². The first-order valence-electron chi connectivity index (χ1n) is 7.78. The molecule has 0 aromatic heterocycles. The molecule has 0 unspecified atom stereocenters. The van der Waals surface area contributed by atoms with E-state index in [9.17, 15) is 0 Å². The second-order valence-electron chi connectivity index (χ2n) is 6.44. The molecule has 0 saturated carbocycles. The Morgan fingerprint density at radius 2 is 1.57 bits per heavy atom. The molecule has 0 aliphatic carbocycles. The van der Waals surface area contributed by atoms with Gasteiger partial charge in [-0.3, -0.25) is 4.90 Å². The first kappa shape index (κ1) is 14.2. The first-order valence-corrected chi connectivity index (χ1v) is 7.78. The van der Waals surface area contributed by atoms with E-state index in [-0.39, 0.29) is 0 Å². The zero-order valence-electron chi connectivity index (χ0n) is 12.8. The van der Waals surface area contributed by atoms with Gasteiger partial charge in [-0.2, -0.15) is 0 Å². The highest BCUT2D eigenvalue weighted by molar-refractivity contribution is 5.41. The van der Waals surface area contributed by atoms with Crippen LogP contribution in [-0.2, 0) is 12.0 Å². The van der Waals surface area contributed by atoms with Crippen molar-refractivity contribution in [1.29, 1.82) is 0 Å². The summed E-state index contributed by atoms with van der Waals surface area (Å²) >= 11 is 0. The fraction of sp³-hybridized carbons (Fsp3) is 0.368. The quantitative estimate of drug-likeness (QED) is 0.866. The van der Waals surface area contributed by atoms with Crippen LogP contribution in [0.3, 0.4) is 0 Å². The molecule has 0 amide bonds. The lowest BCUT2D eigenvalue weighted by Gasteiger charge is -2.40. The lowest BCUT2D eigenvalue weighted by molar-refractivity contribution is 0.162. The van der Waals surface area contributed by atoms with Crippen LogP contribution >= 0.6 is 0 Å². The molecule has 1 aliphatic rings. The van der Waals surface area contributed by atoms with Gasteiger partial charge in [0.25, 0.3) is 0 Å². The summed E-state index contributed by atoms with van der Waals surface area (Å²) in [5.74, 6) is 0. The van der Waals surface area contributed by atoms with Gasteiger partial charge in [-0.25, -0.2) is 0 Å². The SMILES string of the molecule is CC1(c2ccc(N)cc2)CCN(Cc2ccccc2)CC1. The van der Waals surface area contributed by atoms with E-state index in [1.165, 1.54) is 24.0 Å². The van der Waals surface area contributed by atoms with Crippen LogP contribution in [0.1, 0.15) is 30.9 Å². The molecule has 1 saturated heterocycles. The summed E-state index contributed by atoms with van der Waals surface area (Å²) in [5.41, 5.74) is 9.78. The molecule has 0 spiro atoms. The van der Waals surface area contributed by atoms with E-state index in [0.29, 0.717) is 5.41 Å². The number of benzene rings is 2. The minimum absolute atomic E-state index is 0.293. The predicted molar refractivity (Wildman–Crippen MR) is 89.2 cm³/mol. The van der Waals surface area contributed by atoms with Crippen LogP contribution in [0, 0.1) is 0 Å². The summed E-state index contributed by atoms with van der Waals surface area (Å²) in [7, 11) is 0. The lowest BCUT2D eigenvalue weighted by Crippen LogP contribution is -2.40. The summed E-state index contributed by atoms with van der Waals surface area (Å²) in [4.78, 5) is 2.56. The molecule has 2 nitrogen and oxygen atoms in total. The topological polar surface area (TPSA) is 29.3 Å². The van der Waals surface area contributed by atoms with Crippen molar-refractivity contribution in [2.24, 2.45) is 0 Å². The van der Waals surface area contributed by atoms with Crippen LogP contribution < -0.4 is 5.73 Å². The monoisotopic (exact) mass is 280 g/mol. The molecule has 1 heterocycles. The Morgan fingerprint density at radius 1 is 0.952 bits per heavy atom. The Bertz CT molecular complexity index is 566. The second kappa shape index (κ2) is 5.90. The molecule has 2 aromatic carbocycles. The van der Waals surface area contributed by atoms with Crippen LogP contribution in [0.15, 0.2) is 54.6 Å². The number of hydrogen-bond acceptors (Lipinski definition) is 2. The number of hydrogen-bond donors (Lipinski definition) is 1. The highest BCUT2D eigenvalue weighted by atomic mass is 15.1. The number of nitrogens with zero attached hydrogens (tertiary/aromatic N) is 1. The maximum Gasteiger partial charge on any atom is 0.0314 e. The molecule has 2 heteroatoms. The van der Waals surface area contributed by atoms with Gasteiger partial charge < -0.3 is 5.73 Å². The average molecular weight is 280 g/mol. The third-order valence-electron chi connectivity index (χ3n) is 4.82. The number of anilines is 1. The van der Waals surface area contributed by atoms with Crippen molar-refractivity contribution >= 4 is 5.69 Å². The van der Waals surface area contributed by atoms with E-state index in [0.717, 1.165) is 25.3 Å². The fourth-order valence-electron chi connectivity index (χ4n) is 3.22. The van der Waals surface area contributed by atoms with Gasteiger partial charge in [0.2, 0.25) is 0 Å². The third-order valence-corrected chi connectivity index (χ3v) is 4.82. The lowest BCUT2D eigenvalue weighted by atomic mass is 9.74. The van der Waals surface area contributed by atoms with E-state index in [4.69, 9.17) is 5.73 Å². The highest BCUT2D eigenvalue weighted by Crippen LogP contribution is 2.35. The number of piperidine rings is 1. The fourth-order valence-corrected chi connectivity index (χ4v) is 3.22. The first-order chi connectivity index (χ1) is 10.2. The molecule has 21 heavy (non-hydrogen) atoms. The van der Waals surface area contributed by atoms with Crippen molar-refractivity contribution in [2.45, 2.75) is 31.7 Å². The number of nitrogens with two attached hydrogens (primary N) is 1. The van der Waals surface area contributed by atoms with Crippen molar-refractivity contribution in [3.8, 4) is 0 Å². The van der Waals surface area contributed by atoms with Crippen LogP contribution in [0.4, 0.5) is 5.69 Å². The Balaban J connectivity index is 1.63. The van der Waals surface area contributed by atoms with E-state index < -0.39 is 0 Å². The maximum absolute atomic E-state index is 5.80. The van der Waals surface area contributed by atoms with Gasteiger partial charge in [0.05, 0.1) is 0 Å². The number of likely N-dealkylation sites (tertiary alicyclic amines) is 1. The minimum Gasteiger partial charge on any atom is -0.399 e. The summed E-state index contributed by atoms with van der Waals surface area (Å²) in [6.07, 6.45) is 2.42. The summed E-state index contributed by atoms with van der Waals surface area (Å²) in [6, 6.07) is 19.2. The van der Waals surface area contributed by atoms with E-state index in [1.54, 1.807) is 0 Å². The molecular weight excluding hydrogens is 256 g/mol. The number of nitrogen functional groups attached to an aromatic ring is 1. The van der Waals surface area contributed by atoms with Gasteiger partial charge in [0.1, 0.15) is 0 Å². The Labute approximate surface area is 127 Å². The van der Waals surface area contributed by atoms with Crippen LogP contribution in [0.5, 0.6) is 0 Å². The van der Waals surface area contributed by atoms with E-state index in [1.807, 2.05) is 12.1 Å². The highest BCUT2D eigenvalue weighted by Gasteiger charge is 2.31. The molecule has 110 valence electrons. The van der Waals surface area contributed by atoms with Crippen molar-refractivity contribution in [3.05, 3.63) is 65.7 Å². The normalized spacial score (nSPS) is 18.5. The summed E-state index contributed by atoms with van der Waals surface area (Å²) in [5, 5.41) is 0. The molecule has 1 aliphatic heterocycles. The molecule has 2 N–H and O–H groups in total. The van der Waals surface area contributed by atoms with Gasteiger partial charge in [-0.05, 0) is 54.6 Å². The van der Waals surface area contributed by atoms with Crippen molar-refractivity contribution in [1.82, 2.24) is 4.90 Å². The summed E-state index contributed by atoms with van der Waals surface area (Å²) < 4.78 is 0. The van der Waals surface area contributed by atoms with Gasteiger partial charge >= 0.3 is 0 Å². The zero-order chi connectivity index (χ0) is 14.7. The average Bonchev–Trinajstić information content (AvgIpc) is 2.51. The largest absolute Gasteiger partial charge is 0.399 e. The predicted octanol–water partition coefficient (Wildman–Crippen LogP) is 3.82. The number of rotatable bonds is 3. The van der Waals surface area contributed by atoms with Crippen LogP contribution in [-0.4, -0.2) is 18.0 Å². The van der Waals surface area contributed by atoms with Gasteiger partial charge in [0.15, 0.2) is 0 Å². The molecular formula is C19H24N2. The molecule has 0 bridgehead atoms. The second-order valence-corrected chi connectivity index (χ2v) is 6.44. The van der Waals surface area contributed by atoms with Crippen molar-refractivity contribution in [2.75, 3.05) is 18.8 Å². The Morgan fingerprint density at radius 3 is 2.19 bits per heavy atom. The van der Waals surface area contributed by atoms with Crippen LogP contribution in [0.25, 0.3) is 0 Å². The Hall–Kier alpha value is -1.80. The van der Waals surface area contributed by atoms with E-state index >= 15 is 0 Å². The van der Waals surface area contributed by atoms with E-state index in [2.05, 4.69) is 54.3 Å². The smallest absolute Gasteiger partial charge is 0.0314 e. The van der Waals surface area contributed by atoms with Gasteiger partial charge in [0, 0.05) is 12.2 Å². The molecule has 0 radical (unpaired) electrons. The van der Waals surface area contributed by atoms with Gasteiger partial charge in [-0.15, -0.1) is 0 Å². The zero-order valence-corrected chi connectivity index (χ0v) is 12.8. The van der Waals surface area contributed by atoms with Gasteiger partial charge in [-0.1, -0.05) is 49.4 Å². The molecule has 1 fully saturated rings. The van der Waals surface area contributed by atoms with Crippen LogP contribution in [0.2, 0.25) is 0 Å². The molecule has 0 atom stereocenters. The minimum atomic E-state index is 0.293. The standard InChI is InChI=1S/C19H24N2/c1-19(17-7-9-18(20)10-8-17)11-13-21(14-12-19)15-16-5-3-2-4-6-16/h2-10H,11-15,20H2,1H3. The molecule has 3 rings (SSSR count). The molecule has 2 aromatic rings. The Kier molecular flexibility index (Phi) is 3.98. The summed E-state index contributed by atoms with van der Waals surface area (Å²) in [6.45, 7) is 5.78. The van der Waals surface area contributed by atoms with Crippen molar-refractivity contribution < 1.29 is 0 Å².